The van der Waals surface area contributed by atoms with E-state index in [1.54, 1.807) is 4.90 Å². The maximum atomic E-state index is 13.7. The number of nitrogens with two attached hydrogens (primary N) is 1. The van der Waals surface area contributed by atoms with Crippen LogP contribution in [0.5, 0.6) is 0 Å². The molecule has 2 saturated heterocycles. The van der Waals surface area contributed by atoms with Gasteiger partial charge in [0.25, 0.3) is 0 Å². The second-order valence-electron chi connectivity index (χ2n) is 12.1. The summed E-state index contributed by atoms with van der Waals surface area (Å²) >= 11 is 0. The molecule has 1 aliphatic carbocycles. The van der Waals surface area contributed by atoms with Gasteiger partial charge in [0.15, 0.2) is 0 Å². The molecular formula is C29H38F6N6O10S. The van der Waals surface area contributed by atoms with Crippen molar-refractivity contribution >= 4 is 51.3 Å². The molecule has 4 rings (SSSR count). The van der Waals surface area contributed by atoms with E-state index in [0.29, 0.717) is 70.5 Å². The fourth-order valence-electron chi connectivity index (χ4n) is 5.78. The zero-order valence-electron chi connectivity index (χ0n) is 27.5. The Hall–Kier alpha value is -4.51. The van der Waals surface area contributed by atoms with Crippen LogP contribution in [0.3, 0.4) is 0 Å². The van der Waals surface area contributed by atoms with E-state index >= 15 is 0 Å². The maximum Gasteiger partial charge on any atom is 0.490 e. The van der Waals surface area contributed by atoms with E-state index in [1.807, 2.05) is 0 Å². The van der Waals surface area contributed by atoms with Gasteiger partial charge in [0.2, 0.25) is 21.8 Å². The second kappa shape index (κ2) is 17.8. The number of likely N-dealkylation sites (tertiary alicyclic amines) is 1. The van der Waals surface area contributed by atoms with Crippen molar-refractivity contribution < 1.29 is 74.1 Å². The molecule has 2 heterocycles. The smallest absolute Gasteiger partial charge is 0.478 e. The largest absolute Gasteiger partial charge is 0.490 e. The van der Waals surface area contributed by atoms with Crippen LogP contribution < -0.4 is 11.1 Å². The first kappa shape index (κ1) is 43.7. The van der Waals surface area contributed by atoms with Gasteiger partial charge in [-0.05, 0) is 56.4 Å². The van der Waals surface area contributed by atoms with E-state index in [1.165, 1.54) is 34.8 Å². The number of halogens is 6. The van der Waals surface area contributed by atoms with Crippen LogP contribution in [0.15, 0.2) is 24.3 Å². The number of amides is 2. The summed E-state index contributed by atoms with van der Waals surface area (Å²) < 4.78 is 88.8. The molecule has 1 aromatic carbocycles. The van der Waals surface area contributed by atoms with Gasteiger partial charge in [0.1, 0.15) is 6.04 Å². The van der Waals surface area contributed by atoms with Crippen LogP contribution in [-0.2, 0) is 29.2 Å². The van der Waals surface area contributed by atoms with Crippen LogP contribution in [0.25, 0.3) is 0 Å². The summed E-state index contributed by atoms with van der Waals surface area (Å²) in [4.78, 5) is 59.8. The van der Waals surface area contributed by atoms with Crippen molar-refractivity contribution in [1.82, 2.24) is 14.1 Å². The Labute approximate surface area is 293 Å². The number of hydrogen-bond donors (Lipinski definition) is 6. The Morgan fingerprint density at radius 1 is 0.827 bits per heavy atom. The van der Waals surface area contributed by atoms with E-state index in [9.17, 15) is 49.1 Å². The number of sulfonamides is 1. The highest BCUT2D eigenvalue weighted by molar-refractivity contribution is 7.88. The number of alkyl halides is 6. The fraction of sp³-hybridized carbons (Fsp3) is 0.586. The number of carbonyl (C=O) groups is 5. The summed E-state index contributed by atoms with van der Waals surface area (Å²) in [5.74, 6) is -7.09. The summed E-state index contributed by atoms with van der Waals surface area (Å²) in [6, 6.07) is 5.07. The maximum absolute atomic E-state index is 13.7. The van der Waals surface area contributed by atoms with E-state index in [2.05, 4.69) is 10.2 Å². The molecule has 3 fully saturated rings. The predicted molar refractivity (Wildman–Crippen MR) is 169 cm³/mol. The molecule has 23 heteroatoms. The first-order chi connectivity index (χ1) is 23.8. The first-order valence-electron chi connectivity index (χ1n) is 15.4. The van der Waals surface area contributed by atoms with Crippen molar-refractivity contribution in [3.63, 3.8) is 0 Å². The van der Waals surface area contributed by atoms with Crippen LogP contribution in [-0.4, -0.2) is 137 Å². The van der Waals surface area contributed by atoms with E-state index < -0.39 is 46.3 Å². The summed E-state index contributed by atoms with van der Waals surface area (Å²) in [6.07, 6.45) is -5.98. The minimum atomic E-state index is -5.08. The minimum absolute atomic E-state index is 0.00983. The fourth-order valence-corrected chi connectivity index (χ4v) is 6.60. The molecule has 16 nitrogen and oxygen atoms in total. The third kappa shape index (κ3) is 12.9. The highest BCUT2D eigenvalue weighted by Crippen LogP contribution is 2.33. The Morgan fingerprint density at radius 3 is 1.65 bits per heavy atom. The number of carbonyl (C=O) groups excluding carboxylic acids is 2. The molecule has 0 spiro atoms. The van der Waals surface area contributed by atoms with Gasteiger partial charge < -0.3 is 31.3 Å². The molecule has 0 radical (unpaired) electrons. The number of benzene rings is 1. The van der Waals surface area contributed by atoms with Gasteiger partial charge >= 0.3 is 30.3 Å². The summed E-state index contributed by atoms with van der Waals surface area (Å²) in [7, 11) is -3.27. The quantitative estimate of drug-likeness (QED) is 0.132. The van der Waals surface area contributed by atoms with Crippen LogP contribution in [0, 0.1) is 17.2 Å². The summed E-state index contributed by atoms with van der Waals surface area (Å²) in [5.41, 5.74) is 6.22. The zero-order chi connectivity index (χ0) is 39.8. The molecule has 2 atom stereocenters. The number of nitrogens with zero attached hydrogens (tertiary/aromatic N) is 3. The van der Waals surface area contributed by atoms with Crippen molar-refractivity contribution in [2.24, 2.45) is 17.6 Å². The Balaban J connectivity index is 0.000000564. The molecule has 1 aromatic rings. The molecule has 7 N–H and O–H groups in total. The lowest BCUT2D eigenvalue weighted by atomic mass is 9.80. The van der Waals surface area contributed by atoms with Crippen molar-refractivity contribution in [3.8, 4) is 0 Å². The van der Waals surface area contributed by atoms with Gasteiger partial charge in [-0.1, -0.05) is 0 Å². The van der Waals surface area contributed by atoms with E-state index in [0.717, 1.165) is 0 Å². The van der Waals surface area contributed by atoms with Gasteiger partial charge in [-0.25, -0.2) is 22.8 Å². The number of aromatic carboxylic acids is 1. The SMILES string of the molecule is CS(=O)(=O)N1CCN([C@H]2C[C@@H](C(=O)Nc3ccc(C(=O)O)cc3)N(C(=O)C3CCC(C(=N)N)CC3)C2)CC1.O=C(O)C(F)(F)F.O=C(O)C(F)(F)F. The Kier molecular flexibility index (Phi) is 15.0. The number of rotatable bonds is 7. The summed E-state index contributed by atoms with van der Waals surface area (Å²) in [5, 5.41) is 33.9. The Bertz CT molecular complexity index is 1550. The number of nitrogens with one attached hydrogen (secondary N) is 2. The molecule has 3 aliphatic rings. The predicted octanol–water partition coefficient (Wildman–Crippen LogP) is 1.88. The molecule has 2 aliphatic heterocycles. The van der Waals surface area contributed by atoms with Gasteiger partial charge in [0, 0.05) is 56.3 Å². The lowest BCUT2D eigenvalue weighted by molar-refractivity contribution is -0.193. The van der Waals surface area contributed by atoms with Crippen molar-refractivity contribution in [2.75, 3.05) is 44.3 Å². The summed E-state index contributed by atoms with van der Waals surface area (Å²) in [6.45, 7) is 2.15. The third-order valence-electron chi connectivity index (χ3n) is 8.52. The van der Waals surface area contributed by atoms with Gasteiger partial charge in [-0.3, -0.25) is 19.9 Å². The number of piperazine rings is 1. The number of anilines is 1. The molecule has 1 saturated carbocycles. The van der Waals surface area contributed by atoms with Crippen molar-refractivity contribution in [1.29, 1.82) is 5.41 Å². The molecule has 52 heavy (non-hydrogen) atoms. The normalized spacial score (nSPS) is 22.9. The monoisotopic (exact) mass is 776 g/mol. The molecule has 0 unspecified atom stereocenters. The minimum Gasteiger partial charge on any atom is -0.478 e. The number of aliphatic carboxylic acids is 2. The van der Waals surface area contributed by atoms with Gasteiger partial charge in [-0.2, -0.15) is 30.6 Å². The number of carboxylic acids is 3. The van der Waals surface area contributed by atoms with Gasteiger partial charge in [0.05, 0.1) is 17.7 Å². The lowest BCUT2D eigenvalue weighted by Crippen LogP contribution is -2.52. The number of amidine groups is 1. The number of carboxylic acid groups (broad SMARTS) is 3. The third-order valence-corrected chi connectivity index (χ3v) is 9.83. The first-order valence-corrected chi connectivity index (χ1v) is 17.3. The molecule has 292 valence electrons. The zero-order valence-corrected chi connectivity index (χ0v) is 28.3. The number of hydrogen-bond acceptors (Lipinski definition) is 9. The molecule has 2 amide bonds. The topological polar surface area (TPSA) is 252 Å². The highest BCUT2D eigenvalue weighted by atomic mass is 32.2. The average Bonchev–Trinajstić information content (AvgIpc) is 3.50. The van der Waals surface area contributed by atoms with Crippen LogP contribution in [0.4, 0.5) is 32.0 Å². The van der Waals surface area contributed by atoms with Crippen LogP contribution in [0.2, 0.25) is 0 Å². The van der Waals surface area contributed by atoms with E-state index in [-0.39, 0.29) is 41.1 Å². The van der Waals surface area contributed by atoms with Crippen LogP contribution in [0.1, 0.15) is 42.5 Å². The van der Waals surface area contributed by atoms with Crippen molar-refractivity contribution in [3.05, 3.63) is 29.8 Å². The van der Waals surface area contributed by atoms with Crippen molar-refractivity contribution in [2.45, 2.75) is 56.5 Å². The average molecular weight is 777 g/mol. The lowest BCUT2D eigenvalue weighted by Gasteiger charge is -2.37. The van der Waals surface area contributed by atoms with Gasteiger partial charge in [-0.15, -0.1) is 0 Å². The standard InChI is InChI=1S/C25H36N6O6S.2C2HF3O2/c1-38(36,37)30-12-10-29(11-13-30)20-14-21(23(32)28-19-8-6-18(7-9-19)25(34)35)31(15-20)24(33)17-4-2-16(3-5-17)22(26)27;2*3-2(4,5)1(6)7/h6-9,16-17,20-21H,2-5,10-15H2,1H3,(H3,26,27)(H,28,32)(H,34,35);2*(H,6,7)/t16?,17?,20-,21-;;/m0../s1. The second-order valence-corrected chi connectivity index (χ2v) is 14.1. The highest BCUT2D eigenvalue weighted by Gasteiger charge is 2.45. The van der Waals surface area contributed by atoms with E-state index in [4.69, 9.17) is 36.1 Å². The molecule has 0 bridgehead atoms. The Morgan fingerprint density at radius 2 is 1.27 bits per heavy atom. The molecular weight excluding hydrogens is 738 g/mol. The van der Waals surface area contributed by atoms with Crippen LogP contribution >= 0.6 is 0 Å². The molecule has 0 aromatic heterocycles.